The smallest absolute Gasteiger partial charge is 0.274 e. The second kappa shape index (κ2) is 5.93. The van der Waals surface area contributed by atoms with E-state index in [9.17, 15) is 14.3 Å². The van der Waals surface area contributed by atoms with Gasteiger partial charge in [0.2, 0.25) is 0 Å². The summed E-state index contributed by atoms with van der Waals surface area (Å²) in [5, 5.41) is 17.3. The lowest BCUT2D eigenvalue weighted by Crippen LogP contribution is -2.38. The van der Waals surface area contributed by atoms with Crippen molar-refractivity contribution in [3.05, 3.63) is 17.8 Å². The molecule has 21 heavy (non-hydrogen) atoms. The molecule has 2 fully saturated rings. The molecule has 1 amide bonds. The zero-order valence-electron chi connectivity index (χ0n) is 11.8. The Morgan fingerprint density at radius 3 is 2.71 bits per heavy atom. The van der Waals surface area contributed by atoms with Crippen LogP contribution in [0.1, 0.15) is 29.8 Å². The van der Waals surface area contributed by atoms with Crippen molar-refractivity contribution in [1.29, 1.82) is 0 Å². The molecule has 0 radical (unpaired) electrons. The molecule has 0 aromatic carbocycles. The Kier molecular flexibility index (Phi) is 4.01. The standard InChI is InChI=1S/C14H19FN4O2/c15-10-7-11(9-20)19(8-10)14(21)12-3-4-13(17-16-12)18-5-1-2-6-18/h3-4,10-11,20H,1-2,5-9H2/t10-,11-/m0/s1. The molecule has 0 spiro atoms. The number of aliphatic hydroxyl groups is 1. The third-order valence-electron chi connectivity index (χ3n) is 4.13. The molecule has 2 atom stereocenters. The molecule has 2 aliphatic rings. The highest BCUT2D eigenvalue weighted by Gasteiger charge is 2.35. The molecule has 3 heterocycles. The summed E-state index contributed by atoms with van der Waals surface area (Å²) in [7, 11) is 0. The first-order valence-corrected chi connectivity index (χ1v) is 7.33. The molecule has 1 aromatic heterocycles. The number of aromatic nitrogens is 2. The van der Waals surface area contributed by atoms with Crippen molar-refractivity contribution in [3.8, 4) is 0 Å². The molecule has 0 bridgehead atoms. The Balaban J connectivity index is 1.72. The van der Waals surface area contributed by atoms with Crippen LogP contribution >= 0.6 is 0 Å². The first-order chi connectivity index (χ1) is 10.2. The predicted molar refractivity (Wildman–Crippen MR) is 74.9 cm³/mol. The SMILES string of the molecule is O=C(c1ccc(N2CCCC2)nn1)N1C[C@@H](F)C[C@H]1CO. The van der Waals surface area contributed by atoms with E-state index in [2.05, 4.69) is 15.1 Å². The summed E-state index contributed by atoms with van der Waals surface area (Å²) < 4.78 is 13.4. The maximum atomic E-state index is 13.4. The highest BCUT2D eigenvalue weighted by atomic mass is 19.1. The van der Waals surface area contributed by atoms with Crippen LogP contribution in [0, 0.1) is 0 Å². The van der Waals surface area contributed by atoms with Gasteiger partial charge in [-0.05, 0) is 25.0 Å². The maximum Gasteiger partial charge on any atom is 0.274 e. The Hall–Kier alpha value is -1.76. The van der Waals surface area contributed by atoms with Gasteiger partial charge in [0.05, 0.1) is 19.2 Å². The Bertz CT molecular complexity index is 504. The number of carbonyl (C=O) groups excluding carboxylic acids is 1. The van der Waals surface area contributed by atoms with Gasteiger partial charge >= 0.3 is 0 Å². The van der Waals surface area contributed by atoms with E-state index in [1.54, 1.807) is 12.1 Å². The van der Waals surface area contributed by atoms with E-state index in [0.29, 0.717) is 0 Å². The van der Waals surface area contributed by atoms with Crippen LogP contribution < -0.4 is 4.90 Å². The molecule has 114 valence electrons. The Morgan fingerprint density at radius 2 is 2.10 bits per heavy atom. The maximum absolute atomic E-state index is 13.4. The van der Waals surface area contributed by atoms with Crippen molar-refractivity contribution in [1.82, 2.24) is 15.1 Å². The van der Waals surface area contributed by atoms with Gasteiger partial charge in [-0.1, -0.05) is 0 Å². The Morgan fingerprint density at radius 1 is 1.33 bits per heavy atom. The van der Waals surface area contributed by atoms with Crippen LogP contribution in [-0.2, 0) is 0 Å². The van der Waals surface area contributed by atoms with Gasteiger partial charge in [0, 0.05) is 19.5 Å². The van der Waals surface area contributed by atoms with Crippen LogP contribution in [0.15, 0.2) is 12.1 Å². The normalized spacial score (nSPS) is 25.6. The van der Waals surface area contributed by atoms with E-state index in [-0.39, 0.29) is 31.2 Å². The monoisotopic (exact) mass is 294 g/mol. The molecule has 7 heteroatoms. The van der Waals surface area contributed by atoms with Crippen LogP contribution in [0.5, 0.6) is 0 Å². The van der Waals surface area contributed by atoms with Crippen LogP contribution in [0.4, 0.5) is 10.2 Å². The third-order valence-corrected chi connectivity index (χ3v) is 4.13. The molecular weight excluding hydrogens is 275 g/mol. The van der Waals surface area contributed by atoms with E-state index in [1.807, 2.05) is 0 Å². The molecular formula is C14H19FN4O2. The molecule has 0 saturated carbocycles. The minimum atomic E-state index is -1.08. The van der Waals surface area contributed by atoms with E-state index >= 15 is 0 Å². The van der Waals surface area contributed by atoms with Crippen LogP contribution in [-0.4, -0.2) is 64.6 Å². The minimum absolute atomic E-state index is 0.0135. The van der Waals surface area contributed by atoms with Gasteiger partial charge < -0.3 is 14.9 Å². The molecule has 0 unspecified atom stereocenters. The van der Waals surface area contributed by atoms with Gasteiger partial charge in [0.25, 0.3) is 5.91 Å². The first kappa shape index (κ1) is 14.2. The van der Waals surface area contributed by atoms with E-state index in [0.717, 1.165) is 31.7 Å². The summed E-state index contributed by atoms with van der Waals surface area (Å²) in [4.78, 5) is 15.8. The number of hydrogen-bond donors (Lipinski definition) is 1. The van der Waals surface area contributed by atoms with Gasteiger partial charge in [-0.2, -0.15) is 0 Å². The van der Waals surface area contributed by atoms with Crippen LogP contribution in [0.3, 0.4) is 0 Å². The van der Waals surface area contributed by atoms with E-state index < -0.39 is 12.2 Å². The van der Waals surface area contributed by atoms with Crippen molar-refractivity contribution < 1.29 is 14.3 Å². The van der Waals surface area contributed by atoms with E-state index in [4.69, 9.17) is 0 Å². The lowest BCUT2D eigenvalue weighted by Gasteiger charge is -2.22. The van der Waals surface area contributed by atoms with Gasteiger partial charge in [-0.25, -0.2) is 4.39 Å². The zero-order chi connectivity index (χ0) is 14.8. The quantitative estimate of drug-likeness (QED) is 0.885. The zero-order valence-corrected chi connectivity index (χ0v) is 11.8. The van der Waals surface area contributed by atoms with Crippen LogP contribution in [0.2, 0.25) is 0 Å². The van der Waals surface area contributed by atoms with Gasteiger partial charge in [0.1, 0.15) is 6.17 Å². The third kappa shape index (κ3) is 2.83. The molecule has 1 N–H and O–H groups in total. The topological polar surface area (TPSA) is 69.6 Å². The fraction of sp³-hybridized carbons (Fsp3) is 0.643. The number of halogens is 1. The molecule has 3 rings (SSSR count). The largest absolute Gasteiger partial charge is 0.394 e. The van der Waals surface area contributed by atoms with Gasteiger partial charge in [-0.3, -0.25) is 4.79 Å². The number of alkyl halides is 1. The number of rotatable bonds is 3. The van der Waals surface area contributed by atoms with Crippen molar-refractivity contribution in [2.24, 2.45) is 0 Å². The molecule has 2 aliphatic heterocycles. The number of amides is 1. The second-order valence-corrected chi connectivity index (χ2v) is 5.60. The van der Waals surface area contributed by atoms with Crippen LogP contribution in [0.25, 0.3) is 0 Å². The predicted octanol–water partition coefficient (Wildman–Crippen LogP) is 0.622. The summed E-state index contributed by atoms with van der Waals surface area (Å²) in [5.41, 5.74) is 0.200. The minimum Gasteiger partial charge on any atom is -0.394 e. The van der Waals surface area contributed by atoms with Crippen molar-refractivity contribution >= 4 is 11.7 Å². The summed E-state index contributed by atoms with van der Waals surface area (Å²) in [6.45, 7) is 1.71. The van der Waals surface area contributed by atoms with Gasteiger partial charge in [-0.15, -0.1) is 10.2 Å². The Labute approximate surface area is 122 Å². The summed E-state index contributed by atoms with van der Waals surface area (Å²) in [5.74, 6) is 0.405. The number of hydrogen-bond acceptors (Lipinski definition) is 5. The summed E-state index contributed by atoms with van der Waals surface area (Å²) >= 11 is 0. The fourth-order valence-corrected chi connectivity index (χ4v) is 2.98. The number of nitrogens with zero attached hydrogens (tertiary/aromatic N) is 4. The lowest BCUT2D eigenvalue weighted by atomic mass is 10.2. The highest BCUT2D eigenvalue weighted by Crippen LogP contribution is 2.22. The molecule has 6 nitrogen and oxygen atoms in total. The summed E-state index contributed by atoms with van der Waals surface area (Å²) in [6.07, 6.45) is 1.39. The van der Waals surface area contributed by atoms with Gasteiger partial charge in [0.15, 0.2) is 11.5 Å². The fourth-order valence-electron chi connectivity index (χ4n) is 2.98. The number of anilines is 1. The average molecular weight is 294 g/mol. The molecule has 2 saturated heterocycles. The van der Waals surface area contributed by atoms with Crippen molar-refractivity contribution in [2.75, 3.05) is 31.1 Å². The summed E-state index contributed by atoms with van der Waals surface area (Å²) in [6, 6.07) is 2.94. The van der Waals surface area contributed by atoms with Crippen molar-refractivity contribution in [2.45, 2.75) is 31.5 Å². The molecule has 0 aliphatic carbocycles. The average Bonchev–Trinajstić information content (AvgIpc) is 3.16. The molecule has 1 aromatic rings. The number of likely N-dealkylation sites (tertiary alicyclic amines) is 1. The first-order valence-electron chi connectivity index (χ1n) is 7.33. The lowest BCUT2D eigenvalue weighted by molar-refractivity contribution is 0.0666. The van der Waals surface area contributed by atoms with Crippen molar-refractivity contribution in [3.63, 3.8) is 0 Å². The number of carbonyl (C=O) groups is 1. The number of aliphatic hydroxyl groups excluding tert-OH is 1. The highest BCUT2D eigenvalue weighted by molar-refractivity contribution is 5.92. The second-order valence-electron chi connectivity index (χ2n) is 5.60. The van der Waals surface area contributed by atoms with E-state index in [1.165, 1.54) is 4.90 Å².